The van der Waals surface area contributed by atoms with Crippen molar-refractivity contribution < 1.29 is 0 Å². The van der Waals surface area contributed by atoms with Crippen LogP contribution in [0.3, 0.4) is 0 Å². The van der Waals surface area contributed by atoms with Gasteiger partial charge in [0, 0.05) is 29.1 Å². The third kappa shape index (κ3) is 4.39. The van der Waals surface area contributed by atoms with Crippen LogP contribution in [0, 0.1) is 0 Å². The van der Waals surface area contributed by atoms with Crippen LogP contribution in [0.5, 0.6) is 0 Å². The monoisotopic (exact) mass is 259 g/mol. The van der Waals surface area contributed by atoms with E-state index in [9.17, 15) is 0 Å². The highest BCUT2D eigenvalue weighted by Gasteiger charge is 2.13. The summed E-state index contributed by atoms with van der Waals surface area (Å²) in [4.78, 5) is 0. The molecule has 2 rings (SSSR count). The number of hydrogen-bond donors (Lipinski definition) is 1. The summed E-state index contributed by atoms with van der Waals surface area (Å²) in [6, 6.07) is 2.22. The first kappa shape index (κ1) is 11.8. The molecule has 4 heteroatoms. The Morgan fingerprint density at radius 3 is 3.13 bits per heavy atom. The molecular formula is C11H17NS3. The van der Waals surface area contributed by atoms with Gasteiger partial charge in [0.05, 0.1) is 0 Å². The van der Waals surface area contributed by atoms with Crippen LogP contribution in [0.25, 0.3) is 0 Å². The molecule has 1 saturated heterocycles. The zero-order valence-electron chi connectivity index (χ0n) is 8.78. The van der Waals surface area contributed by atoms with E-state index in [1.165, 1.54) is 35.8 Å². The van der Waals surface area contributed by atoms with Crippen molar-refractivity contribution in [3.05, 3.63) is 22.4 Å². The Hall–Kier alpha value is 0.360. The summed E-state index contributed by atoms with van der Waals surface area (Å²) in [7, 11) is 0. The van der Waals surface area contributed by atoms with E-state index in [0.29, 0.717) is 0 Å². The Morgan fingerprint density at radius 1 is 1.40 bits per heavy atom. The van der Waals surface area contributed by atoms with Crippen molar-refractivity contribution >= 4 is 34.9 Å². The number of nitrogens with one attached hydrogen (secondary N) is 1. The van der Waals surface area contributed by atoms with Crippen molar-refractivity contribution in [2.24, 2.45) is 0 Å². The van der Waals surface area contributed by atoms with E-state index < -0.39 is 0 Å². The molecule has 0 aromatic carbocycles. The minimum atomic E-state index is 0.839. The van der Waals surface area contributed by atoms with Gasteiger partial charge in [0.1, 0.15) is 0 Å². The lowest BCUT2D eigenvalue weighted by molar-refractivity contribution is 0.682. The van der Waals surface area contributed by atoms with Gasteiger partial charge in [-0.2, -0.15) is 34.9 Å². The SMILES string of the molecule is c1cc(CCNCC2CSCCS2)cs1. The molecular weight excluding hydrogens is 242 g/mol. The van der Waals surface area contributed by atoms with Crippen LogP contribution in [0.1, 0.15) is 5.56 Å². The van der Waals surface area contributed by atoms with E-state index in [-0.39, 0.29) is 0 Å². The first-order chi connectivity index (χ1) is 7.45. The van der Waals surface area contributed by atoms with Crippen molar-refractivity contribution in [2.75, 3.05) is 30.3 Å². The van der Waals surface area contributed by atoms with Crippen molar-refractivity contribution in [2.45, 2.75) is 11.7 Å². The minimum absolute atomic E-state index is 0.839. The molecule has 0 spiro atoms. The standard InChI is InChI=1S/C11H17NS3/c1(10-2-4-13-8-10)3-12-7-11-9-14-5-6-15-11/h2,4,8,11-12H,1,3,5-7,9H2. The topological polar surface area (TPSA) is 12.0 Å². The van der Waals surface area contributed by atoms with Crippen LogP contribution in [0.2, 0.25) is 0 Å². The van der Waals surface area contributed by atoms with Gasteiger partial charge in [-0.15, -0.1) is 0 Å². The van der Waals surface area contributed by atoms with Gasteiger partial charge in [-0.3, -0.25) is 0 Å². The van der Waals surface area contributed by atoms with Gasteiger partial charge in [-0.25, -0.2) is 0 Å². The number of rotatable bonds is 5. The van der Waals surface area contributed by atoms with E-state index in [1.54, 1.807) is 11.3 Å². The van der Waals surface area contributed by atoms with Crippen LogP contribution < -0.4 is 5.32 Å². The Balaban J connectivity index is 1.54. The average Bonchev–Trinajstić information content (AvgIpc) is 2.79. The van der Waals surface area contributed by atoms with Gasteiger partial charge in [0.15, 0.2) is 0 Å². The predicted molar refractivity (Wildman–Crippen MR) is 74.5 cm³/mol. The molecule has 1 nitrogen and oxygen atoms in total. The largest absolute Gasteiger partial charge is 0.315 e. The summed E-state index contributed by atoms with van der Waals surface area (Å²) >= 11 is 6.02. The molecule has 1 unspecified atom stereocenters. The van der Waals surface area contributed by atoms with E-state index >= 15 is 0 Å². The summed E-state index contributed by atoms with van der Waals surface area (Å²) < 4.78 is 0. The van der Waals surface area contributed by atoms with Gasteiger partial charge in [-0.05, 0) is 35.4 Å². The lowest BCUT2D eigenvalue weighted by Crippen LogP contribution is -2.30. The first-order valence-corrected chi connectivity index (χ1v) is 8.51. The summed E-state index contributed by atoms with van der Waals surface area (Å²) in [6.45, 7) is 2.31. The molecule has 0 bridgehead atoms. The smallest absolute Gasteiger partial charge is 0.0263 e. The third-order valence-electron chi connectivity index (χ3n) is 2.43. The van der Waals surface area contributed by atoms with E-state index in [1.807, 2.05) is 0 Å². The number of hydrogen-bond acceptors (Lipinski definition) is 4. The maximum Gasteiger partial charge on any atom is 0.0263 e. The quantitative estimate of drug-likeness (QED) is 0.817. The molecule has 0 radical (unpaired) electrons. The fourth-order valence-electron chi connectivity index (χ4n) is 1.59. The van der Waals surface area contributed by atoms with Gasteiger partial charge in [-0.1, -0.05) is 0 Å². The van der Waals surface area contributed by atoms with Gasteiger partial charge in [0.2, 0.25) is 0 Å². The second kappa shape index (κ2) is 6.84. The third-order valence-corrected chi connectivity index (χ3v) is 6.00. The van der Waals surface area contributed by atoms with E-state index in [4.69, 9.17) is 0 Å². The molecule has 1 aromatic rings. The van der Waals surface area contributed by atoms with Crippen LogP contribution in [-0.4, -0.2) is 35.6 Å². The van der Waals surface area contributed by atoms with Crippen LogP contribution in [0.4, 0.5) is 0 Å². The summed E-state index contributed by atoms with van der Waals surface area (Å²) in [6.07, 6.45) is 1.17. The fraction of sp³-hybridized carbons (Fsp3) is 0.636. The molecule has 1 aliphatic heterocycles. The van der Waals surface area contributed by atoms with Crippen LogP contribution >= 0.6 is 34.9 Å². The number of thioether (sulfide) groups is 2. The lowest BCUT2D eigenvalue weighted by atomic mass is 10.2. The molecule has 1 aliphatic rings. The number of thiophene rings is 1. The minimum Gasteiger partial charge on any atom is -0.315 e. The zero-order valence-corrected chi connectivity index (χ0v) is 11.2. The Morgan fingerprint density at radius 2 is 2.40 bits per heavy atom. The second-order valence-electron chi connectivity index (χ2n) is 3.65. The molecule has 0 aliphatic carbocycles. The van der Waals surface area contributed by atoms with Crippen molar-refractivity contribution in [1.29, 1.82) is 0 Å². The summed E-state index contributed by atoms with van der Waals surface area (Å²) in [5.41, 5.74) is 1.47. The van der Waals surface area contributed by atoms with Gasteiger partial charge >= 0.3 is 0 Å². The highest BCUT2D eigenvalue weighted by molar-refractivity contribution is 8.06. The van der Waals surface area contributed by atoms with E-state index in [0.717, 1.165) is 11.8 Å². The molecule has 1 N–H and O–H groups in total. The molecule has 1 fully saturated rings. The highest BCUT2D eigenvalue weighted by atomic mass is 32.2. The average molecular weight is 259 g/mol. The zero-order chi connectivity index (χ0) is 10.3. The van der Waals surface area contributed by atoms with E-state index in [2.05, 4.69) is 45.7 Å². The summed E-state index contributed by atoms with van der Waals surface area (Å²) in [5, 5.41) is 8.80. The Labute approximate surface area is 104 Å². The normalized spacial score (nSPS) is 21.7. The molecule has 2 heterocycles. The molecule has 1 aromatic heterocycles. The van der Waals surface area contributed by atoms with Gasteiger partial charge in [0.25, 0.3) is 0 Å². The highest BCUT2D eigenvalue weighted by Crippen LogP contribution is 2.23. The molecule has 0 saturated carbocycles. The molecule has 15 heavy (non-hydrogen) atoms. The summed E-state index contributed by atoms with van der Waals surface area (Å²) in [5.74, 6) is 4.01. The maximum atomic E-state index is 3.56. The molecule has 84 valence electrons. The first-order valence-electron chi connectivity index (χ1n) is 5.36. The van der Waals surface area contributed by atoms with Crippen LogP contribution in [-0.2, 0) is 6.42 Å². The van der Waals surface area contributed by atoms with Crippen molar-refractivity contribution in [3.8, 4) is 0 Å². The second-order valence-corrected chi connectivity index (χ2v) is 6.99. The molecule has 1 atom stereocenters. The van der Waals surface area contributed by atoms with Gasteiger partial charge < -0.3 is 5.32 Å². The van der Waals surface area contributed by atoms with Crippen molar-refractivity contribution in [1.82, 2.24) is 5.32 Å². The molecule has 0 amide bonds. The maximum absolute atomic E-state index is 3.56. The Kier molecular flexibility index (Phi) is 5.40. The lowest BCUT2D eigenvalue weighted by Gasteiger charge is -2.21. The predicted octanol–water partition coefficient (Wildman–Crippen LogP) is 2.73. The fourth-order valence-corrected chi connectivity index (χ4v) is 4.93. The van der Waals surface area contributed by atoms with Crippen LogP contribution in [0.15, 0.2) is 16.8 Å². The van der Waals surface area contributed by atoms with Crippen molar-refractivity contribution in [3.63, 3.8) is 0 Å². The Bertz CT molecular complexity index is 255.